The van der Waals surface area contributed by atoms with Crippen molar-refractivity contribution in [3.05, 3.63) is 54.8 Å². The molecule has 0 bridgehead atoms. The van der Waals surface area contributed by atoms with E-state index < -0.39 is 0 Å². The van der Waals surface area contributed by atoms with E-state index in [-0.39, 0.29) is 5.82 Å². The molecule has 27 heavy (non-hydrogen) atoms. The number of anilines is 1. The molecule has 0 atom stereocenters. The van der Waals surface area contributed by atoms with Gasteiger partial charge in [0.15, 0.2) is 17.8 Å². The highest BCUT2D eigenvalue weighted by atomic mass is 19.1. The lowest BCUT2D eigenvalue weighted by molar-refractivity contribution is 0.122. The molecule has 1 aliphatic rings. The fourth-order valence-corrected chi connectivity index (χ4v) is 3.26. The number of hydrogen-bond donors (Lipinski definition) is 0. The van der Waals surface area contributed by atoms with E-state index in [1.165, 1.54) is 18.5 Å². The molecule has 136 valence electrons. The molecule has 1 aromatic carbocycles. The third-order valence-corrected chi connectivity index (χ3v) is 4.63. The fourth-order valence-electron chi connectivity index (χ4n) is 3.26. The van der Waals surface area contributed by atoms with Crippen LogP contribution in [0.1, 0.15) is 0 Å². The van der Waals surface area contributed by atoms with Gasteiger partial charge in [0.05, 0.1) is 13.2 Å². The predicted octanol–water partition coefficient (Wildman–Crippen LogP) is 3.03. The van der Waals surface area contributed by atoms with Crippen LogP contribution >= 0.6 is 0 Å². The predicted molar refractivity (Wildman–Crippen MR) is 96.9 cm³/mol. The number of aromatic nitrogens is 4. The lowest BCUT2D eigenvalue weighted by Crippen LogP contribution is -2.37. The summed E-state index contributed by atoms with van der Waals surface area (Å²) in [6.45, 7) is 2.89. The van der Waals surface area contributed by atoms with Crippen molar-refractivity contribution in [2.24, 2.45) is 0 Å². The summed E-state index contributed by atoms with van der Waals surface area (Å²) in [6.07, 6.45) is 3.33. The van der Waals surface area contributed by atoms with Crippen molar-refractivity contribution in [2.45, 2.75) is 0 Å². The molecule has 0 amide bonds. The average molecular weight is 365 g/mol. The Morgan fingerprint density at radius 3 is 2.52 bits per heavy atom. The number of oxazole rings is 1. The van der Waals surface area contributed by atoms with Crippen LogP contribution in [-0.4, -0.2) is 45.9 Å². The van der Waals surface area contributed by atoms with Gasteiger partial charge in [-0.25, -0.2) is 9.37 Å². The minimum absolute atomic E-state index is 0.287. The summed E-state index contributed by atoms with van der Waals surface area (Å²) in [6, 6.07) is 10.0. The number of morpholine rings is 1. The maximum atomic E-state index is 13.2. The number of ether oxygens (including phenoxy) is 1. The zero-order chi connectivity index (χ0) is 18.2. The molecule has 1 fully saturated rings. The van der Waals surface area contributed by atoms with Crippen molar-refractivity contribution in [3.8, 4) is 22.6 Å². The van der Waals surface area contributed by atoms with Gasteiger partial charge in [-0.3, -0.25) is 4.40 Å². The number of benzene rings is 1. The highest BCUT2D eigenvalue weighted by Gasteiger charge is 2.19. The number of nitrogens with zero attached hydrogens (tertiary/aromatic N) is 5. The zero-order valence-electron chi connectivity index (χ0n) is 14.4. The Hall–Kier alpha value is -3.26. The van der Waals surface area contributed by atoms with Gasteiger partial charge in [-0.15, -0.1) is 10.2 Å². The third-order valence-electron chi connectivity index (χ3n) is 4.63. The molecule has 8 heteroatoms. The summed E-state index contributed by atoms with van der Waals surface area (Å²) >= 11 is 0. The molecule has 3 aromatic heterocycles. The number of pyridine rings is 1. The maximum absolute atomic E-state index is 13.2. The second kappa shape index (κ2) is 6.48. The van der Waals surface area contributed by atoms with Crippen LogP contribution in [0.15, 0.2) is 53.4 Å². The van der Waals surface area contributed by atoms with E-state index in [0.717, 1.165) is 35.8 Å². The monoisotopic (exact) mass is 365 g/mol. The van der Waals surface area contributed by atoms with E-state index in [1.807, 2.05) is 22.7 Å². The van der Waals surface area contributed by atoms with Gasteiger partial charge in [-0.2, -0.15) is 0 Å². The first kappa shape index (κ1) is 16.0. The van der Waals surface area contributed by atoms with Crippen molar-refractivity contribution in [1.29, 1.82) is 0 Å². The normalized spacial score (nSPS) is 14.8. The Bertz CT molecular complexity index is 1080. The molecular weight excluding hydrogens is 349 g/mol. The van der Waals surface area contributed by atoms with Crippen LogP contribution in [0.3, 0.4) is 0 Å². The zero-order valence-corrected chi connectivity index (χ0v) is 14.4. The minimum atomic E-state index is -0.287. The molecule has 7 nitrogen and oxygen atoms in total. The van der Waals surface area contributed by atoms with Crippen LogP contribution in [0.2, 0.25) is 0 Å². The van der Waals surface area contributed by atoms with E-state index in [0.29, 0.717) is 24.7 Å². The van der Waals surface area contributed by atoms with Gasteiger partial charge in [-0.1, -0.05) is 0 Å². The van der Waals surface area contributed by atoms with Crippen LogP contribution in [-0.2, 0) is 4.74 Å². The Balaban J connectivity index is 1.58. The summed E-state index contributed by atoms with van der Waals surface area (Å²) in [5, 5.41) is 8.58. The molecule has 0 unspecified atom stereocenters. The highest BCUT2D eigenvalue weighted by Crippen LogP contribution is 2.32. The number of rotatable bonds is 3. The van der Waals surface area contributed by atoms with E-state index in [2.05, 4.69) is 20.1 Å². The lowest BCUT2D eigenvalue weighted by atomic mass is 10.1. The van der Waals surface area contributed by atoms with Crippen molar-refractivity contribution < 1.29 is 13.5 Å². The lowest BCUT2D eigenvalue weighted by Gasteiger charge is -2.26. The molecule has 1 aliphatic heterocycles. The van der Waals surface area contributed by atoms with Gasteiger partial charge in [0.25, 0.3) is 0 Å². The Labute approximate surface area is 154 Å². The molecule has 1 saturated heterocycles. The van der Waals surface area contributed by atoms with E-state index in [1.54, 1.807) is 12.1 Å². The smallest absolute Gasteiger partial charge is 0.231 e. The van der Waals surface area contributed by atoms with Gasteiger partial charge >= 0.3 is 0 Å². The summed E-state index contributed by atoms with van der Waals surface area (Å²) in [5.41, 5.74) is 3.05. The van der Waals surface area contributed by atoms with Crippen LogP contribution < -0.4 is 4.90 Å². The summed E-state index contributed by atoms with van der Waals surface area (Å²) in [5.74, 6) is 1.10. The van der Waals surface area contributed by atoms with Crippen molar-refractivity contribution in [1.82, 2.24) is 19.6 Å². The quantitative estimate of drug-likeness (QED) is 0.556. The van der Waals surface area contributed by atoms with Crippen LogP contribution in [0.4, 0.5) is 10.3 Å². The van der Waals surface area contributed by atoms with Gasteiger partial charge in [0.1, 0.15) is 11.5 Å². The third kappa shape index (κ3) is 2.83. The number of halogens is 1. The van der Waals surface area contributed by atoms with Gasteiger partial charge in [0.2, 0.25) is 5.95 Å². The van der Waals surface area contributed by atoms with Gasteiger partial charge < -0.3 is 14.1 Å². The number of hydrogen-bond acceptors (Lipinski definition) is 6. The first-order valence-corrected chi connectivity index (χ1v) is 8.67. The Morgan fingerprint density at radius 1 is 0.926 bits per heavy atom. The van der Waals surface area contributed by atoms with Crippen LogP contribution in [0.5, 0.6) is 0 Å². The largest absolute Gasteiger partial charge is 0.443 e. The van der Waals surface area contributed by atoms with Gasteiger partial charge in [0, 0.05) is 30.4 Å². The minimum Gasteiger partial charge on any atom is -0.443 e. The molecule has 4 heterocycles. The van der Waals surface area contributed by atoms with Gasteiger partial charge in [-0.05, 0) is 36.4 Å². The first-order chi connectivity index (χ1) is 13.3. The molecule has 0 radical (unpaired) electrons. The second-order valence-corrected chi connectivity index (χ2v) is 6.28. The summed E-state index contributed by atoms with van der Waals surface area (Å²) in [7, 11) is 0. The maximum Gasteiger partial charge on any atom is 0.231 e. The molecule has 0 spiro atoms. The van der Waals surface area contributed by atoms with Crippen molar-refractivity contribution >= 4 is 11.6 Å². The summed E-state index contributed by atoms with van der Waals surface area (Å²) in [4.78, 5) is 6.46. The highest BCUT2D eigenvalue weighted by molar-refractivity contribution is 5.77. The summed E-state index contributed by atoms with van der Waals surface area (Å²) < 4.78 is 26.2. The first-order valence-electron chi connectivity index (χ1n) is 8.67. The molecular formula is C19H16FN5O2. The van der Waals surface area contributed by atoms with E-state index in [9.17, 15) is 4.39 Å². The van der Waals surface area contributed by atoms with E-state index >= 15 is 0 Å². The standard InChI is InChI=1S/C19H16FN5O2/c20-15-4-1-13(2-5-15)17-18(27-12-21-17)14-3-6-16-22-23-19(25(16)11-14)24-7-9-26-10-8-24/h1-6,11-12H,7-10H2. The SMILES string of the molecule is Fc1ccc(-c2ncoc2-c2ccc3nnc(N4CCOCC4)n3c2)cc1. The molecule has 0 saturated carbocycles. The molecule has 5 rings (SSSR count). The second-order valence-electron chi connectivity index (χ2n) is 6.28. The number of fused-ring (bicyclic) bond motifs is 1. The van der Waals surface area contributed by atoms with Crippen LogP contribution in [0, 0.1) is 5.82 Å². The topological polar surface area (TPSA) is 68.7 Å². The Kier molecular flexibility index (Phi) is 3.83. The Morgan fingerprint density at radius 2 is 1.70 bits per heavy atom. The van der Waals surface area contributed by atoms with Crippen molar-refractivity contribution in [2.75, 3.05) is 31.2 Å². The molecule has 4 aromatic rings. The molecule has 0 N–H and O–H groups in total. The van der Waals surface area contributed by atoms with Crippen molar-refractivity contribution in [3.63, 3.8) is 0 Å². The van der Waals surface area contributed by atoms with Crippen LogP contribution in [0.25, 0.3) is 28.2 Å². The fraction of sp³-hybridized carbons (Fsp3) is 0.211. The average Bonchev–Trinajstić information content (AvgIpc) is 3.36. The molecule has 0 aliphatic carbocycles. The van der Waals surface area contributed by atoms with E-state index in [4.69, 9.17) is 9.15 Å².